The maximum absolute atomic E-state index is 12.1. The Morgan fingerprint density at radius 2 is 1.85 bits per heavy atom. The number of ether oxygens (including phenoxy) is 1. The summed E-state index contributed by atoms with van der Waals surface area (Å²) in [5, 5.41) is 14.7. The van der Waals surface area contributed by atoms with Crippen LogP contribution in [0.1, 0.15) is 29.5 Å². The second-order valence-corrected chi connectivity index (χ2v) is 7.14. The first kappa shape index (κ1) is 18.8. The minimum atomic E-state index is -0.348. The molecule has 0 fully saturated rings. The van der Waals surface area contributed by atoms with Crippen molar-refractivity contribution in [3.63, 3.8) is 0 Å². The van der Waals surface area contributed by atoms with Crippen molar-refractivity contribution >= 4 is 28.2 Å². The minimum absolute atomic E-state index is 0.311. The molecule has 2 amide bonds. The molecule has 0 radical (unpaired) electrons. The van der Waals surface area contributed by atoms with Gasteiger partial charge in [-0.2, -0.15) is 0 Å². The van der Waals surface area contributed by atoms with Gasteiger partial charge in [-0.25, -0.2) is 4.79 Å². The van der Waals surface area contributed by atoms with Crippen LogP contribution in [0.4, 0.5) is 15.6 Å². The molecule has 3 rings (SSSR count). The largest absolute Gasteiger partial charge is 0.486 e. The fourth-order valence-electron chi connectivity index (χ4n) is 2.51. The highest BCUT2D eigenvalue weighted by atomic mass is 32.1. The molecule has 0 saturated heterocycles. The predicted molar refractivity (Wildman–Crippen MR) is 108 cm³/mol. The highest BCUT2D eigenvalue weighted by Gasteiger charge is 2.10. The summed E-state index contributed by atoms with van der Waals surface area (Å²) in [5.41, 5.74) is 3.05. The van der Waals surface area contributed by atoms with Crippen LogP contribution >= 0.6 is 11.3 Å². The molecule has 6 nitrogen and oxygen atoms in total. The van der Waals surface area contributed by atoms with Crippen LogP contribution in [0.15, 0.2) is 48.5 Å². The lowest BCUT2D eigenvalue weighted by atomic mass is 10.1. The van der Waals surface area contributed by atoms with Crippen LogP contribution in [0, 0.1) is 6.92 Å². The maximum Gasteiger partial charge on any atom is 0.325 e. The number of anilines is 2. The molecule has 0 unspecified atom stereocenters. The second-order valence-electron chi connectivity index (χ2n) is 6.08. The van der Waals surface area contributed by atoms with Crippen LogP contribution in [0.5, 0.6) is 5.75 Å². The first-order valence-electron chi connectivity index (χ1n) is 8.82. The van der Waals surface area contributed by atoms with Gasteiger partial charge in [0.1, 0.15) is 12.4 Å². The molecule has 2 aromatic carbocycles. The SMILES string of the molecule is CCCc1ccc(OCc2nnc(NC(=O)Nc3ccccc3C)s2)cc1. The first-order valence-corrected chi connectivity index (χ1v) is 9.63. The molecular weight excluding hydrogens is 360 g/mol. The number of urea groups is 1. The fourth-order valence-corrected chi connectivity index (χ4v) is 3.16. The number of rotatable bonds is 7. The van der Waals surface area contributed by atoms with Crippen LogP contribution in [-0.2, 0) is 13.0 Å². The summed E-state index contributed by atoms with van der Waals surface area (Å²) in [4.78, 5) is 12.1. The van der Waals surface area contributed by atoms with Gasteiger partial charge >= 0.3 is 6.03 Å². The Labute approximate surface area is 162 Å². The third-order valence-corrected chi connectivity index (χ3v) is 4.72. The van der Waals surface area contributed by atoms with E-state index in [1.165, 1.54) is 16.9 Å². The molecule has 2 N–H and O–H groups in total. The van der Waals surface area contributed by atoms with E-state index in [9.17, 15) is 4.79 Å². The number of aryl methyl sites for hydroxylation is 2. The van der Waals surface area contributed by atoms with Gasteiger partial charge in [-0.05, 0) is 42.7 Å². The summed E-state index contributed by atoms with van der Waals surface area (Å²) < 4.78 is 5.73. The lowest BCUT2D eigenvalue weighted by Gasteiger charge is -2.07. The van der Waals surface area contributed by atoms with E-state index in [2.05, 4.69) is 39.9 Å². The molecular formula is C20H22N4O2S. The zero-order chi connectivity index (χ0) is 19.1. The molecule has 1 aromatic heterocycles. The number of aromatic nitrogens is 2. The van der Waals surface area contributed by atoms with Gasteiger partial charge in [0.2, 0.25) is 5.13 Å². The van der Waals surface area contributed by atoms with Gasteiger partial charge in [-0.3, -0.25) is 5.32 Å². The van der Waals surface area contributed by atoms with Crippen LogP contribution in [-0.4, -0.2) is 16.2 Å². The van der Waals surface area contributed by atoms with E-state index in [1.54, 1.807) is 0 Å². The van der Waals surface area contributed by atoms with Crippen molar-refractivity contribution in [2.45, 2.75) is 33.3 Å². The summed E-state index contributed by atoms with van der Waals surface area (Å²) in [6.45, 7) is 4.41. The number of hydrogen-bond donors (Lipinski definition) is 2. The molecule has 0 aliphatic heterocycles. The van der Waals surface area contributed by atoms with E-state index in [0.29, 0.717) is 16.7 Å². The summed E-state index contributed by atoms with van der Waals surface area (Å²) >= 11 is 1.29. The van der Waals surface area contributed by atoms with Gasteiger partial charge in [0.05, 0.1) is 0 Å². The average molecular weight is 382 g/mol. The summed E-state index contributed by atoms with van der Waals surface area (Å²) in [5.74, 6) is 0.789. The summed E-state index contributed by atoms with van der Waals surface area (Å²) in [7, 11) is 0. The standard InChI is InChI=1S/C20H22N4O2S/c1-3-6-15-9-11-16(12-10-15)26-13-18-23-24-20(27-18)22-19(25)21-17-8-5-4-7-14(17)2/h4-5,7-12H,3,6,13H2,1-2H3,(H2,21,22,24,25). The number of benzene rings is 2. The van der Waals surface area contributed by atoms with E-state index in [-0.39, 0.29) is 6.03 Å². The number of amides is 2. The van der Waals surface area contributed by atoms with Crippen molar-refractivity contribution in [1.82, 2.24) is 10.2 Å². The normalized spacial score (nSPS) is 10.4. The number of carbonyl (C=O) groups excluding carboxylic acids is 1. The molecule has 0 saturated carbocycles. The number of nitrogens with one attached hydrogen (secondary N) is 2. The molecule has 0 aliphatic rings. The Hall–Kier alpha value is -2.93. The van der Waals surface area contributed by atoms with Crippen molar-refractivity contribution in [3.8, 4) is 5.75 Å². The molecule has 27 heavy (non-hydrogen) atoms. The number of carbonyl (C=O) groups is 1. The molecule has 7 heteroatoms. The molecule has 0 atom stereocenters. The van der Waals surface area contributed by atoms with Gasteiger partial charge in [0.25, 0.3) is 0 Å². The zero-order valence-electron chi connectivity index (χ0n) is 15.4. The first-order chi connectivity index (χ1) is 13.1. The molecule has 1 heterocycles. The van der Waals surface area contributed by atoms with Crippen molar-refractivity contribution in [2.24, 2.45) is 0 Å². The van der Waals surface area contributed by atoms with Crippen LogP contribution in [0.3, 0.4) is 0 Å². The quantitative estimate of drug-likeness (QED) is 0.601. The van der Waals surface area contributed by atoms with Gasteiger partial charge in [-0.1, -0.05) is 55.0 Å². The molecule has 0 spiro atoms. The zero-order valence-corrected chi connectivity index (χ0v) is 16.2. The van der Waals surface area contributed by atoms with Gasteiger partial charge in [0, 0.05) is 5.69 Å². The fraction of sp³-hybridized carbons (Fsp3) is 0.250. The van der Waals surface area contributed by atoms with Gasteiger partial charge in [0.15, 0.2) is 5.01 Å². The van der Waals surface area contributed by atoms with Gasteiger partial charge < -0.3 is 10.1 Å². The number of nitrogens with zero attached hydrogens (tertiary/aromatic N) is 2. The number of hydrogen-bond acceptors (Lipinski definition) is 5. The summed E-state index contributed by atoms with van der Waals surface area (Å²) in [6.07, 6.45) is 2.19. The molecule has 140 valence electrons. The lowest BCUT2D eigenvalue weighted by molar-refractivity contribution is 0.262. The van der Waals surface area contributed by atoms with Crippen molar-refractivity contribution in [3.05, 3.63) is 64.7 Å². The lowest BCUT2D eigenvalue weighted by Crippen LogP contribution is -2.19. The third kappa shape index (κ3) is 5.52. The Morgan fingerprint density at radius 1 is 1.07 bits per heavy atom. The Bertz CT molecular complexity index is 893. The molecule has 3 aromatic rings. The molecule has 0 aliphatic carbocycles. The van der Waals surface area contributed by atoms with Crippen molar-refractivity contribution in [2.75, 3.05) is 10.6 Å². The summed E-state index contributed by atoms with van der Waals surface area (Å²) in [6, 6.07) is 15.3. The molecule has 0 bridgehead atoms. The predicted octanol–water partition coefficient (Wildman–Crippen LogP) is 5.02. The highest BCUT2D eigenvalue weighted by molar-refractivity contribution is 7.15. The Kier molecular flexibility index (Phi) is 6.38. The van der Waals surface area contributed by atoms with E-state index in [1.807, 2.05) is 43.3 Å². The number of para-hydroxylation sites is 1. The van der Waals surface area contributed by atoms with E-state index >= 15 is 0 Å². The Morgan fingerprint density at radius 3 is 2.59 bits per heavy atom. The second kappa shape index (κ2) is 9.14. The van der Waals surface area contributed by atoms with Crippen LogP contribution < -0.4 is 15.4 Å². The van der Waals surface area contributed by atoms with Crippen molar-refractivity contribution < 1.29 is 9.53 Å². The van der Waals surface area contributed by atoms with Crippen molar-refractivity contribution in [1.29, 1.82) is 0 Å². The van der Waals surface area contributed by atoms with E-state index < -0.39 is 0 Å². The van der Waals surface area contributed by atoms with Crippen LogP contribution in [0.25, 0.3) is 0 Å². The van der Waals surface area contributed by atoms with Gasteiger partial charge in [-0.15, -0.1) is 10.2 Å². The third-order valence-electron chi connectivity index (χ3n) is 3.90. The monoisotopic (exact) mass is 382 g/mol. The highest BCUT2D eigenvalue weighted by Crippen LogP contribution is 2.20. The minimum Gasteiger partial charge on any atom is -0.486 e. The average Bonchev–Trinajstić information content (AvgIpc) is 3.10. The Balaban J connectivity index is 1.50. The topological polar surface area (TPSA) is 76.1 Å². The van der Waals surface area contributed by atoms with E-state index in [4.69, 9.17) is 4.74 Å². The smallest absolute Gasteiger partial charge is 0.325 e. The maximum atomic E-state index is 12.1. The van der Waals surface area contributed by atoms with Crippen LogP contribution in [0.2, 0.25) is 0 Å². The van der Waals surface area contributed by atoms with E-state index in [0.717, 1.165) is 29.8 Å².